The molecule has 130 valence electrons. The molecule has 1 atom stereocenters. The minimum absolute atomic E-state index is 0.00894. The highest BCUT2D eigenvalue weighted by molar-refractivity contribution is 5.86. The molecule has 1 saturated heterocycles. The number of amides is 1. The molecular weight excluding hydrogens is 306 g/mol. The van der Waals surface area contributed by atoms with E-state index in [9.17, 15) is 14.7 Å². The van der Waals surface area contributed by atoms with Crippen LogP contribution in [0, 0.1) is 5.41 Å². The number of ketones is 1. The predicted octanol–water partition coefficient (Wildman–Crippen LogP) is 2.91. The van der Waals surface area contributed by atoms with Crippen molar-refractivity contribution in [3.8, 4) is 0 Å². The van der Waals surface area contributed by atoms with E-state index in [0.29, 0.717) is 13.0 Å². The van der Waals surface area contributed by atoms with Crippen LogP contribution < -0.4 is 0 Å². The van der Waals surface area contributed by atoms with E-state index in [1.807, 2.05) is 30.3 Å². The topological polar surface area (TPSA) is 66.8 Å². The Morgan fingerprint density at radius 1 is 1.25 bits per heavy atom. The van der Waals surface area contributed by atoms with Gasteiger partial charge in [-0.15, -0.1) is 0 Å². The van der Waals surface area contributed by atoms with Crippen LogP contribution >= 0.6 is 0 Å². The first-order chi connectivity index (χ1) is 11.5. The second kappa shape index (κ2) is 6.93. The van der Waals surface area contributed by atoms with Gasteiger partial charge in [0.1, 0.15) is 6.61 Å². The number of Topliss-reactive ketones (excluding diaryl/α,β-unsaturated/α-hetero) is 1. The summed E-state index contributed by atoms with van der Waals surface area (Å²) in [4.78, 5) is 26.2. The number of nitrogens with zero attached hydrogens (tertiary/aromatic N) is 1. The van der Waals surface area contributed by atoms with Crippen LogP contribution in [0.5, 0.6) is 0 Å². The third kappa shape index (κ3) is 3.61. The van der Waals surface area contributed by atoms with Gasteiger partial charge in [0.15, 0.2) is 5.78 Å². The maximum Gasteiger partial charge on any atom is 0.410 e. The lowest BCUT2D eigenvalue weighted by molar-refractivity contribution is -0.121. The lowest BCUT2D eigenvalue weighted by Gasteiger charge is -2.35. The van der Waals surface area contributed by atoms with E-state index >= 15 is 0 Å². The van der Waals surface area contributed by atoms with Crippen LogP contribution in [0.25, 0.3) is 0 Å². The number of carbonyl (C=O) groups excluding carboxylic acids is 2. The number of ether oxygens (including phenoxy) is 1. The van der Waals surface area contributed by atoms with Crippen molar-refractivity contribution in [1.82, 2.24) is 4.90 Å². The molecule has 1 spiro atoms. The fourth-order valence-corrected chi connectivity index (χ4v) is 3.99. The van der Waals surface area contributed by atoms with Crippen LogP contribution in [-0.4, -0.2) is 40.6 Å². The van der Waals surface area contributed by atoms with Gasteiger partial charge in [-0.05, 0) is 50.0 Å². The molecule has 1 N–H and O–H groups in total. The number of carbonyl (C=O) groups is 2. The molecule has 1 saturated carbocycles. The van der Waals surface area contributed by atoms with Gasteiger partial charge in [0.2, 0.25) is 0 Å². The molecule has 3 rings (SSSR count). The Morgan fingerprint density at radius 2 is 1.92 bits per heavy atom. The molecule has 2 aliphatic rings. The summed E-state index contributed by atoms with van der Waals surface area (Å²) in [5.74, 6) is 0.00894. The number of aliphatic hydroxyl groups is 1. The highest BCUT2D eigenvalue weighted by Gasteiger charge is 2.49. The number of benzene rings is 1. The Balaban J connectivity index is 1.66. The Kier molecular flexibility index (Phi) is 4.90. The van der Waals surface area contributed by atoms with Gasteiger partial charge < -0.3 is 9.84 Å². The Labute approximate surface area is 142 Å². The fraction of sp³-hybridized carbons (Fsp3) is 0.579. The van der Waals surface area contributed by atoms with Gasteiger partial charge >= 0.3 is 6.09 Å². The van der Waals surface area contributed by atoms with E-state index in [-0.39, 0.29) is 23.9 Å². The van der Waals surface area contributed by atoms with E-state index in [1.54, 1.807) is 11.8 Å². The fourth-order valence-electron chi connectivity index (χ4n) is 3.99. The van der Waals surface area contributed by atoms with E-state index < -0.39 is 12.1 Å². The summed E-state index contributed by atoms with van der Waals surface area (Å²) in [5.41, 5.74) is 0.890. The molecule has 5 nitrogen and oxygen atoms in total. The minimum Gasteiger partial charge on any atom is -0.445 e. The van der Waals surface area contributed by atoms with Crippen molar-refractivity contribution in [3.05, 3.63) is 35.9 Å². The lowest BCUT2D eigenvalue weighted by atomic mass is 9.71. The van der Waals surface area contributed by atoms with Crippen LogP contribution in [0.1, 0.15) is 44.6 Å². The van der Waals surface area contributed by atoms with Crippen molar-refractivity contribution in [2.24, 2.45) is 5.41 Å². The molecule has 5 heteroatoms. The number of hydrogen-bond acceptors (Lipinski definition) is 4. The van der Waals surface area contributed by atoms with Crippen molar-refractivity contribution in [2.45, 2.75) is 57.8 Å². The minimum atomic E-state index is -0.415. The Morgan fingerprint density at radius 3 is 2.54 bits per heavy atom. The summed E-state index contributed by atoms with van der Waals surface area (Å²) in [6.45, 7) is 2.31. The summed E-state index contributed by atoms with van der Waals surface area (Å²) in [7, 11) is 0. The predicted molar refractivity (Wildman–Crippen MR) is 89.3 cm³/mol. The van der Waals surface area contributed by atoms with Gasteiger partial charge in [-0.3, -0.25) is 9.69 Å². The smallest absolute Gasteiger partial charge is 0.410 e. The zero-order valence-electron chi connectivity index (χ0n) is 14.1. The van der Waals surface area contributed by atoms with E-state index in [4.69, 9.17) is 4.74 Å². The molecule has 0 radical (unpaired) electrons. The largest absolute Gasteiger partial charge is 0.445 e. The Bertz CT molecular complexity index is 593. The maximum atomic E-state index is 12.5. The quantitative estimate of drug-likeness (QED) is 0.925. The molecule has 0 aromatic heterocycles. The first-order valence-corrected chi connectivity index (χ1v) is 8.65. The van der Waals surface area contributed by atoms with Crippen LogP contribution in [0.15, 0.2) is 30.3 Å². The van der Waals surface area contributed by atoms with Crippen molar-refractivity contribution in [1.29, 1.82) is 0 Å². The SMILES string of the molecule is CC(=O)C1CC2(CCC(O)CC2)CN1C(=O)OCc1ccccc1. The zero-order valence-corrected chi connectivity index (χ0v) is 14.1. The number of aliphatic hydroxyl groups excluding tert-OH is 1. The molecular formula is C19H25NO4. The van der Waals surface area contributed by atoms with E-state index in [0.717, 1.165) is 31.2 Å². The molecule has 2 fully saturated rings. The van der Waals surface area contributed by atoms with Crippen LogP contribution in [-0.2, 0) is 16.1 Å². The molecule has 1 aromatic carbocycles. The second-order valence-corrected chi connectivity index (χ2v) is 7.23. The summed E-state index contributed by atoms with van der Waals surface area (Å²) in [6.07, 6.45) is 3.25. The van der Waals surface area contributed by atoms with Gasteiger partial charge in [-0.1, -0.05) is 30.3 Å². The standard InChI is InChI=1S/C19H25NO4/c1-14(21)17-11-19(9-7-16(22)8-10-19)13-20(17)18(23)24-12-15-5-3-2-4-6-15/h2-6,16-17,22H,7-13H2,1H3. The van der Waals surface area contributed by atoms with Gasteiger partial charge in [0.25, 0.3) is 0 Å². The van der Waals surface area contributed by atoms with Gasteiger partial charge in [-0.2, -0.15) is 0 Å². The van der Waals surface area contributed by atoms with Crippen LogP contribution in [0.4, 0.5) is 4.79 Å². The number of rotatable bonds is 3. The van der Waals surface area contributed by atoms with Gasteiger partial charge in [-0.25, -0.2) is 4.79 Å². The van der Waals surface area contributed by atoms with Gasteiger partial charge in [0.05, 0.1) is 12.1 Å². The first kappa shape index (κ1) is 17.0. The average molecular weight is 331 g/mol. The number of likely N-dealkylation sites (tertiary alicyclic amines) is 1. The molecule has 0 bridgehead atoms. The van der Waals surface area contributed by atoms with Gasteiger partial charge in [0, 0.05) is 6.54 Å². The molecule has 1 amide bonds. The summed E-state index contributed by atoms with van der Waals surface area (Å²) in [6, 6.07) is 9.13. The maximum absolute atomic E-state index is 12.5. The average Bonchev–Trinajstić information content (AvgIpc) is 2.97. The third-order valence-corrected chi connectivity index (χ3v) is 5.43. The van der Waals surface area contributed by atoms with Crippen LogP contribution in [0.2, 0.25) is 0 Å². The summed E-state index contributed by atoms with van der Waals surface area (Å²) >= 11 is 0. The number of hydrogen-bond donors (Lipinski definition) is 1. The van der Waals surface area contributed by atoms with E-state index in [1.165, 1.54) is 0 Å². The third-order valence-electron chi connectivity index (χ3n) is 5.43. The molecule has 1 aliphatic carbocycles. The molecule has 1 unspecified atom stereocenters. The van der Waals surface area contributed by atoms with Crippen molar-refractivity contribution in [3.63, 3.8) is 0 Å². The van der Waals surface area contributed by atoms with E-state index in [2.05, 4.69) is 0 Å². The molecule has 1 heterocycles. The highest BCUT2D eigenvalue weighted by atomic mass is 16.6. The van der Waals surface area contributed by atoms with Crippen LogP contribution in [0.3, 0.4) is 0 Å². The summed E-state index contributed by atoms with van der Waals surface area (Å²) < 4.78 is 5.43. The Hall–Kier alpha value is -1.88. The van der Waals surface area contributed by atoms with Crippen molar-refractivity contribution >= 4 is 11.9 Å². The molecule has 1 aromatic rings. The normalized spacial score (nSPS) is 29.7. The first-order valence-electron chi connectivity index (χ1n) is 8.65. The lowest BCUT2D eigenvalue weighted by Crippen LogP contribution is -2.40. The second-order valence-electron chi connectivity index (χ2n) is 7.23. The highest BCUT2D eigenvalue weighted by Crippen LogP contribution is 2.46. The molecule has 24 heavy (non-hydrogen) atoms. The summed E-state index contributed by atoms with van der Waals surface area (Å²) in [5, 5.41) is 9.74. The van der Waals surface area contributed by atoms with Crippen molar-refractivity contribution < 1.29 is 19.4 Å². The van der Waals surface area contributed by atoms with Crippen molar-refractivity contribution in [2.75, 3.05) is 6.54 Å². The monoisotopic (exact) mass is 331 g/mol. The zero-order chi connectivity index (χ0) is 17.2. The molecule has 1 aliphatic heterocycles.